The van der Waals surface area contributed by atoms with Crippen molar-refractivity contribution in [2.75, 3.05) is 19.3 Å². The van der Waals surface area contributed by atoms with E-state index in [9.17, 15) is 0 Å². The van der Waals surface area contributed by atoms with Crippen molar-refractivity contribution in [1.29, 1.82) is 0 Å². The summed E-state index contributed by atoms with van der Waals surface area (Å²) in [6.07, 6.45) is 8.12. The summed E-state index contributed by atoms with van der Waals surface area (Å²) >= 11 is 1.71. The van der Waals surface area contributed by atoms with E-state index in [0.29, 0.717) is 6.04 Å². The zero-order chi connectivity index (χ0) is 11.4. The van der Waals surface area contributed by atoms with Crippen molar-refractivity contribution in [3.63, 3.8) is 0 Å². The van der Waals surface area contributed by atoms with Gasteiger partial charge in [-0.05, 0) is 43.8 Å². The molecule has 0 aliphatic carbocycles. The van der Waals surface area contributed by atoms with E-state index in [-0.39, 0.29) is 0 Å². The summed E-state index contributed by atoms with van der Waals surface area (Å²) in [7, 11) is 0. The first kappa shape index (κ1) is 11.9. The molecule has 0 amide bonds. The highest BCUT2D eigenvalue weighted by Gasteiger charge is 2.22. The Morgan fingerprint density at radius 2 is 2.31 bits per heavy atom. The third-order valence-electron chi connectivity index (χ3n) is 3.37. The van der Waals surface area contributed by atoms with Crippen molar-refractivity contribution >= 4 is 11.8 Å². The first-order chi connectivity index (χ1) is 7.85. The summed E-state index contributed by atoms with van der Waals surface area (Å²) in [5.74, 6) is 0. The average molecular weight is 236 g/mol. The number of nitrogens with zero attached hydrogens (tertiary/aromatic N) is 2. The summed E-state index contributed by atoms with van der Waals surface area (Å²) < 4.78 is 0. The molecule has 88 valence electrons. The summed E-state index contributed by atoms with van der Waals surface area (Å²) in [4.78, 5) is 7.05. The van der Waals surface area contributed by atoms with E-state index in [2.05, 4.69) is 41.4 Å². The van der Waals surface area contributed by atoms with E-state index in [1.807, 2.05) is 0 Å². The van der Waals surface area contributed by atoms with E-state index in [1.165, 1.54) is 31.4 Å². The van der Waals surface area contributed by atoms with Crippen LogP contribution < -0.4 is 0 Å². The Morgan fingerprint density at radius 3 is 2.94 bits per heavy atom. The number of pyridine rings is 1. The topological polar surface area (TPSA) is 16.1 Å². The lowest BCUT2D eigenvalue weighted by Gasteiger charge is -2.35. The molecule has 1 fully saturated rings. The van der Waals surface area contributed by atoms with Crippen molar-refractivity contribution in [3.05, 3.63) is 23.9 Å². The average Bonchev–Trinajstić information content (AvgIpc) is 2.39. The predicted molar refractivity (Wildman–Crippen MR) is 69.9 cm³/mol. The lowest BCUT2D eigenvalue weighted by Crippen LogP contribution is -2.33. The van der Waals surface area contributed by atoms with Gasteiger partial charge in [-0.2, -0.15) is 0 Å². The Balaban J connectivity index is 2.14. The van der Waals surface area contributed by atoms with Gasteiger partial charge in [0.2, 0.25) is 0 Å². The van der Waals surface area contributed by atoms with Gasteiger partial charge in [0.15, 0.2) is 0 Å². The number of hydrogen-bond acceptors (Lipinski definition) is 3. The van der Waals surface area contributed by atoms with Gasteiger partial charge in [0.25, 0.3) is 0 Å². The molecule has 1 aromatic rings. The Kier molecular flexibility index (Phi) is 4.24. The monoisotopic (exact) mass is 236 g/mol. The van der Waals surface area contributed by atoms with Crippen LogP contribution in [0.4, 0.5) is 0 Å². The van der Waals surface area contributed by atoms with Crippen LogP contribution in [0.15, 0.2) is 23.4 Å². The molecule has 2 rings (SSSR count). The number of aromatic nitrogens is 1. The van der Waals surface area contributed by atoms with E-state index >= 15 is 0 Å². The van der Waals surface area contributed by atoms with Crippen molar-refractivity contribution in [3.8, 4) is 0 Å². The molecule has 0 radical (unpaired) electrons. The molecule has 0 spiro atoms. The Bertz CT molecular complexity index is 323. The Hall–Kier alpha value is -0.540. The van der Waals surface area contributed by atoms with Crippen LogP contribution in [0, 0.1) is 0 Å². The van der Waals surface area contributed by atoms with Crippen LogP contribution in [0.25, 0.3) is 0 Å². The summed E-state index contributed by atoms with van der Waals surface area (Å²) in [5.41, 5.74) is 1.39. The molecule has 1 aromatic heterocycles. The van der Waals surface area contributed by atoms with E-state index in [4.69, 9.17) is 0 Å². The molecular weight excluding hydrogens is 216 g/mol. The second-order valence-corrected chi connectivity index (χ2v) is 5.10. The molecule has 0 bridgehead atoms. The van der Waals surface area contributed by atoms with E-state index in [0.717, 1.165) is 11.6 Å². The van der Waals surface area contributed by atoms with Crippen LogP contribution in [0.2, 0.25) is 0 Å². The third kappa shape index (κ3) is 2.58. The Morgan fingerprint density at radius 1 is 1.44 bits per heavy atom. The molecule has 1 aliphatic heterocycles. The zero-order valence-electron chi connectivity index (χ0n) is 10.1. The van der Waals surface area contributed by atoms with Gasteiger partial charge in [-0.15, -0.1) is 11.8 Å². The second kappa shape index (κ2) is 5.69. The first-order valence-corrected chi connectivity index (χ1v) is 7.31. The highest BCUT2D eigenvalue weighted by atomic mass is 32.2. The normalized spacial score (nSPS) is 22.2. The van der Waals surface area contributed by atoms with Gasteiger partial charge in [-0.3, -0.25) is 4.90 Å². The zero-order valence-corrected chi connectivity index (χ0v) is 11.0. The van der Waals surface area contributed by atoms with Crippen LogP contribution in [0.5, 0.6) is 0 Å². The maximum Gasteiger partial charge on any atom is 0.0957 e. The van der Waals surface area contributed by atoms with Crippen LogP contribution in [0.1, 0.15) is 37.8 Å². The number of piperidine rings is 1. The van der Waals surface area contributed by atoms with Gasteiger partial charge in [0, 0.05) is 12.2 Å². The summed E-state index contributed by atoms with van der Waals surface area (Å²) in [5, 5.41) is 1.11. The van der Waals surface area contributed by atoms with E-state index < -0.39 is 0 Å². The minimum absolute atomic E-state index is 0.599. The Labute approximate surface area is 102 Å². The van der Waals surface area contributed by atoms with E-state index in [1.54, 1.807) is 11.8 Å². The SMILES string of the molecule is CCN1CCCC[C@@H]1c1ccc(SC)nc1. The molecule has 2 nitrogen and oxygen atoms in total. The van der Waals surface area contributed by atoms with Gasteiger partial charge in [-0.25, -0.2) is 4.98 Å². The van der Waals surface area contributed by atoms with Crippen molar-refractivity contribution in [1.82, 2.24) is 9.88 Å². The number of rotatable bonds is 3. The molecule has 0 unspecified atom stereocenters. The standard InChI is InChI=1S/C13H20N2S/c1-3-15-9-5-4-6-12(15)11-7-8-13(16-2)14-10-11/h7-8,10,12H,3-6,9H2,1-2H3/t12-/m1/s1. The number of thioether (sulfide) groups is 1. The summed E-state index contributed by atoms with van der Waals surface area (Å²) in [6, 6.07) is 4.99. The van der Waals surface area contributed by atoms with Gasteiger partial charge < -0.3 is 0 Å². The van der Waals surface area contributed by atoms with Gasteiger partial charge >= 0.3 is 0 Å². The van der Waals surface area contributed by atoms with Gasteiger partial charge in [-0.1, -0.05) is 19.4 Å². The van der Waals surface area contributed by atoms with Gasteiger partial charge in [0.05, 0.1) is 5.03 Å². The third-order valence-corrected chi connectivity index (χ3v) is 4.03. The smallest absolute Gasteiger partial charge is 0.0957 e. The lowest BCUT2D eigenvalue weighted by atomic mass is 9.96. The van der Waals surface area contributed by atoms with Crippen molar-refractivity contribution in [2.24, 2.45) is 0 Å². The van der Waals surface area contributed by atoms with Crippen LogP contribution in [-0.2, 0) is 0 Å². The molecule has 0 saturated carbocycles. The first-order valence-electron chi connectivity index (χ1n) is 6.09. The summed E-state index contributed by atoms with van der Waals surface area (Å²) in [6.45, 7) is 4.64. The maximum absolute atomic E-state index is 4.48. The highest BCUT2D eigenvalue weighted by Crippen LogP contribution is 2.30. The molecule has 3 heteroatoms. The molecule has 0 N–H and O–H groups in total. The van der Waals surface area contributed by atoms with Gasteiger partial charge in [0.1, 0.15) is 0 Å². The molecule has 2 heterocycles. The highest BCUT2D eigenvalue weighted by molar-refractivity contribution is 7.98. The molecule has 16 heavy (non-hydrogen) atoms. The molecule has 1 atom stereocenters. The number of likely N-dealkylation sites (tertiary alicyclic amines) is 1. The minimum Gasteiger partial charge on any atom is -0.297 e. The molecule has 0 aromatic carbocycles. The van der Waals surface area contributed by atoms with Crippen LogP contribution in [-0.4, -0.2) is 29.2 Å². The molecule has 1 saturated heterocycles. The minimum atomic E-state index is 0.599. The maximum atomic E-state index is 4.48. The second-order valence-electron chi connectivity index (χ2n) is 4.27. The van der Waals surface area contributed by atoms with Crippen molar-refractivity contribution in [2.45, 2.75) is 37.3 Å². The largest absolute Gasteiger partial charge is 0.297 e. The fourth-order valence-electron chi connectivity index (χ4n) is 2.46. The van der Waals surface area contributed by atoms with Crippen LogP contribution >= 0.6 is 11.8 Å². The number of hydrogen-bond donors (Lipinski definition) is 0. The van der Waals surface area contributed by atoms with Crippen molar-refractivity contribution < 1.29 is 0 Å². The quantitative estimate of drug-likeness (QED) is 0.749. The van der Waals surface area contributed by atoms with Crippen LogP contribution in [0.3, 0.4) is 0 Å². The molecular formula is C13H20N2S. The predicted octanol–water partition coefficient (Wildman–Crippen LogP) is 3.35. The molecule has 1 aliphatic rings. The fraction of sp³-hybridized carbons (Fsp3) is 0.615. The lowest BCUT2D eigenvalue weighted by molar-refractivity contribution is 0.157. The fourth-order valence-corrected chi connectivity index (χ4v) is 2.82.